The molecule has 0 unspecified atom stereocenters. The molecule has 4 aromatic rings. The molecule has 15 nitrogen and oxygen atoms in total. The van der Waals surface area contributed by atoms with Crippen molar-refractivity contribution >= 4 is 78.6 Å². The Kier molecular flexibility index (Phi) is 16.1. The topological polar surface area (TPSA) is 245 Å². The van der Waals surface area contributed by atoms with Gasteiger partial charge in [-0.3, -0.25) is 20.4 Å². The van der Waals surface area contributed by atoms with Crippen molar-refractivity contribution < 1.29 is 131 Å². The van der Waals surface area contributed by atoms with Crippen LogP contribution in [0, 0.1) is 0 Å². The molecule has 2 aliphatic rings. The maximum absolute atomic E-state index is 11.8. The zero-order valence-electron chi connectivity index (χ0n) is 29.3. The van der Waals surface area contributed by atoms with Crippen molar-refractivity contribution in [2.45, 2.75) is 4.90 Å². The molecule has 258 valence electrons. The molecule has 0 amide bonds. The molecule has 6 rings (SSSR count). The minimum absolute atomic E-state index is 0. The third-order valence-electron chi connectivity index (χ3n) is 7.60. The Hall–Kier alpha value is -4.17. The normalized spacial score (nSPS) is 15.1. The Bertz CT molecular complexity index is 2530. The molecule has 55 heavy (non-hydrogen) atoms. The van der Waals surface area contributed by atoms with Crippen molar-refractivity contribution in [3.8, 4) is 11.1 Å². The number of aliphatic carboxylic acids is 2. The van der Waals surface area contributed by atoms with Gasteiger partial charge in [0.1, 0.15) is 10.1 Å². The predicted octanol–water partition coefficient (Wildman–Crippen LogP) is -6.00. The Morgan fingerprint density at radius 2 is 1.13 bits per heavy atom. The van der Waals surface area contributed by atoms with Crippen molar-refractivity contribution in [1.29, 1.82) is 0 Å². The van der Waals surface area contributed by atoms with Crippen molar-refractivity contribution in [3.63, 3.8) is 0 Å². The van der Waals surface area contributed by atoms with Gasteiger partial charge < -0.3 is 24.4 Å². The second-order valence-corrected chi connectivity index (χ2v) is 12.4. The SMILES string of the molecule is O=C([O-])C1=C/C(=N\Nc2ccc(-c3ccc(N=Nc4ccc(N/N=C5\C=CC(=O)C(C(=O)[O-])=C5)c5cc(S(=O)(=O)[O-])ccc45)cc3)cc2)C=CC1=O.[Na+].[Na+].[Na+]. The number of carboxylic acids is 2. The van der Waals surface area contributed by atoms with Crippen LogP contribution < -0.4 is 110 Å². The van der Waals surface area contributed by atoms with E-state index in [-0.39, 0.29) is 111 Å². The fourth-order valence-corrected chi connectivity index (χ4v) is 5.47. The van der Waals surface area contributed by atoms with Gasteiger partial charge in [0.25, 0.3) is 0 Å². The minimum Gasteiger partial charge on any atom is -0.744 e. The van der Waals surface area contributed by atoms with Gasteiger partial charge >= 0.3 is 88.7 Å². The van der Waals surface area contributed by atoms with Gasteiger partial charge in [-0.05, 0) is 96.1 Å². The Balaban J connectivity index is 0.00000271. The molecule has 2 aliphatic carbocycles. The predicted molar refractivity (Wildman–Crippen MR) is 185 cm³/mol. The third kappa shape index (κ3) is 11.2. The molecule has 0 bridgehead atoms. The molecule has 4 aromatic carbocycles. The molecular weight excluding hydrogens is 761 g/mol. The molecule has 0 fully saturated rings. The van der Waals surface area contributed by atoms with Crippen LogP contribution in [-0.2, 0) is 29.3 Å². The van der Waals surface area contributed by atoms with Crippen LogP contribution in [0.5, 0.6) is 0 Å². The number of nitrogens with one attached hydrogen (secondary N) is 2. The number of anilines is 2. The first-order valence-electron chi connectivity index (χ1n) is 15.0. The smallest absolute Gasteiger partial charge is 0.744 e. The average molecular weight is 783 g/mol. The van der Waals surface area contributed by atoms with E-state index in [0.29, 0.717) is 22.4 Å². The number of hydrogen-bond acceptors (Lipinski definition) is 15. The maximum Gasteiger partial charge on any atom is 1.00 e. The average Bonchev–Trinajstić information content (AvgIpc) is 3.13. The van der Waals surface area contributed by atoms with E-state index in [4.69, 9.17) is 0 Å². The van der Waals surface area contributed by atoms with Crippen molar-refractivity contribution in [2.75, 3.05) is 10.9 Å². The van der Waals surface area contributed by atoms with Crippen LogP contribution in [-0.4, -0.2) is 47.9 Å². The van der Waals surface area contributed by atoms with Crippen molar-refractivity contribution in [1.82, 2.24) is 0 Å². The van der Waals surface area contributed by atoms with E-state index >= 15 is 0 Å². The number of hydrazone groups is 2. The summed E-state index contributed by atoms with van der Waals surface area (Å²) in [6.07, 6.45) is 6.94. The number of azo groups is 1. The van der Waals surface area contributed by atoms with Crippen LogP contribution in [0.2, 0.25) is 0 Å². The largest absolute Gasteiger partial charge is 1.00 e. The van der Waals surface area contributed by atoms with Gasteiger partial charge in [0.15, 0.2) is 11.6 Å². The van der Waals surface area contributed by atoms with Gasteiger partial charge in [0, 0.05) is 21.9 Å². The van der Waals surface area contributed by atoms with E-state index in [0.717, 1.165) is 47.6 Å². The van der Waals surface area contributed by atoms with Gasteiger partial charge in [0.05, 0.1) is 51.0 Å². The number of carbonyl (C=O) groups excluding carboxylic acids is 4. The first kappa shape index (κ1) is 45.2. The number of hydrogen-bond donors (Lipinski definition) is 2. The van der Waals surface area contributed by atoms with E-state index < -0.39 is 49.7 Å². The van der Waals surface area contributed by atoms with Gasteiger partial charge in [-0.2, -0.15) is 15.3 Å². The summed E-state index contributed by atoms with van der Waals surface area (Å²) in [5.74, 6) is -4.66. The van der Waals surface area contributed by atoms with Crippen LogP contribution in [0.3, 0.4) is 0 Å². The second-order valence-electron chi connectivity index (χ2n) is 11.0. The van der Waals surface area contributed by atoms with Crippen LogP contribution in [0.4, 0.5) is 22.7 Å². The number of fused-ring (bicyclic) bond motifs is 1. The Morgan fingerprint density at radius 1 is 0.600 bits per heavy atom. The monoisotopic (exact) mass is 782 g/mol. The summed E-state index contributed by atoms with van der Waals surface area (Å²) in [6, 6.07) is 21.2. The van der Waals surface area contributed by atoms with Crippen LogP contribution in [0.1, 0.15) is 0 Å². The standard InChI is InChI=1S/C36H24N6O9S.3Na/c43-33-15-9-24(17-29(33)35(45)46)39-37-22-5-1-20(2-6-22)21-3-7-23(8-4-21)38-41-31-13-14-32(28-19-26(52(49,50)51)11-12-27(28)31)42-40-25-10-16-34(44)30(18-25)36(47)48;;;/h1-19,37,42H,(H,45,46)(H,47,48)(H,49,50,51);;;/q;3*+1/p-3/b39-24-,40-25+,41-38?;;;. The van der Waals surface area contributed by atoms with Gasteiger partial charge in [0.2, 0.25) is 0 Å². The Morgan fingerprint density at radius 3 is 1.65 bits per heavy atom. The zero-order chi connectivity index (χ0) is 37.0. The number of allylic oxidation sites excluding steroid dienone is 6. The minimum atomic E-state index is -4.82. The van der Waals surface area contributed by atoms with Crippen LogP contribution in [0.15, 0.2) is 152 Å². The maximum atomic E-state index is 11.8. The number of rotatable bonds is 10. The number of nitrogens with zero attached hydrogens (tertiary/aromatic N) is 4. The number of carbonyl (C=O) groups is 4. The Labute approximate surface area is 379 Å². The fourth-order valence-electron chi connectivity index (χ4n) is 4.97. The molecule has 0 atom stereocenters. The first-order valence-corrected chi connectivity index (χ1v) is 16.4. The quantitative estimate of drug-likeness (QED) is 0.0383. The summed E-state index contributed by atoms with van der Waals surface area (Å²) >= 11 is 0. The summed E-state index contributed by atoms with van der Waals surface area (Å²) in [6.45, 7) is 0. The van der Waals surface area contributed by atoms with E-state index in [9.17, 15) is 42.4 Å². The third-order valence-corrected chi connectivity index (χ3v) is 8.43. The number of carboxylic acid groups (broad SMARTS) is 2. The molecule has 19 heteroatoms. The van der Waals surface area contributed by atoms with E-state index in [1.54, 1.807) is 30.3 Å². The second kappa shape index (κ2) is 19.6. The molecule has 0 aliphatic heterocycles. The van der Waals surface area contributed by atoms with Gasteiger partial charge in [-0.25, -0.2) is 8.42 Å². The van der Waals surface area contributed by atoms with E-state index in [2.05, 4.69) is 31.3 Å². The fraction of sp³-hybridized carbons (Fsp3) is 0. The summed E-state index contributed by atoms with van der Waals surface area (Å²) in [4.78, 5) is 45.2. The van der Waals surface area contributed by atoms with Gasteiger partial charge in [-0.15, -0.1) is 5.11 Å². The van der Waals surface area contributed by atoms with Crippen LogP contribution in [0.25, 0.3) is 21.9 Å². The summed E-state index contributed by atoms with van der Waals surface area (Å²) in [7, 11) is -4.82. The molecule has 0 spiro atoms. The number of benzene rings is 4. The molecule has 0 saturated heterocycles. The van der Waals surface area contributed by atoms with E-state index in [1.807, 2.05) is 24.3 Å². The molecular formula is C36H21N6Na3O9S. The summed E-state index contributed by atoms with van der Waals surface area (Å²) < 4.78 is 35.4. The first-order chi connectivity index (χ1) is 24.9. The summed E-state index contributed by atoms with van der Waals surface area (Å²) in [5.41, 5.74) is 8.20. The van der Waals surface area contributed by atoms with E-state index in [1.165, 1.54) is 24.3 Å². The molecule has 0 radical (unpaired) electrons. The number of ketones is 2. The van der Waals surface area contributed by atoms with Crippen molar-refractivity contribution in [3.05, 3.63) is 126 Å². The molecule has 0 heterocycles. The van der Waals surface area contributed by atoms with Crippen LogP contribution >= 0.6 is 0 Å². The zero-order valence-corrected chi connectivity index (χ0v) is 36.2. The molecule has 2 N–H and O–H groups in total. The molecule has 0 aromatic heterocycles. The summed E-state index contributed by atoms with van der Waals surface area (Å²) in [5, 5.41) is 39.8. The van der Waals surface area contributed by atoms with Gasteiger partial charge in [-0.1, -0.05) is 30.3 Å². The molecule has 0 saturated carbocycles. The van der Waals surface area contributed by atoms with Crippen molar-refractivity contribution in [2.24, 2.45) is 20.4 Å².